The molecular weight excluding hydrogens is 314 g/mol. The van der Waals surface area contributed by atoms with Gasteiger partial charge < -0.3 is 10.2 Å². The van der Waals surface area contributed by atoms with Crippen LogP contribution in [0.3, 0.4) is 0 Å². The molecule has 0 fully saturated rings. The van der Waals surface area contributed by atoms with Gasteiger partial charge >= 0.3 is 6.03 Å². The zero-order valence-corrected chi connectivity index (χ0v) is 13.7. The van der Waals surface area contributed by atoms with Crippen molar-refractivity contribution in [2.45, 2.75) is 18.7 Å². The number of rotatable bonds is 7. The molecule has 2 amide bonds. The lowest BCUT2D eigenvalue weighted by Gasteiger charge is -2.18. The molecule has 0 atom stereocenters. The minimum Gasteiger partial charge on any atom is -0.336 e. The van der Waals surface area contributed by atoms with E-state index in [1.165, 1.54) is 12.1 Å². The molecule has 0 aliphatic rings. The lowest BCUT2D eigenvalue weighted by molar-refractivity contribution is 0.241. The van der Waals surface area contributed by atoms with E-state index in [1.807, 2.05) is 18.6 Å². The number of nitrogens with zero attached hydrogens (tertiary/aromatic N) is 1. The van der Waals surface area contributed by atoms with Crippen molar-refractivity contribution in [2.24, 2.45) is 0 Å². The van der Waals surface area contributed by atoms with Crippen LogP contribution in [-0.2, 0) is 10.0 Å². The highest BCUT2D eigenvalue weighted by molar-refractivity contribution is 7.90. The van der Waals surface area contributed by atoms with Gasteiger partial charge in [0.05, 0.1) is 5.02 Å². The Balaban J connectivity index is 2.56. The summed E-state index contributed by atoms with van der Waals surface area (Å²) in [4.78, 5) is 13.6. The largest absolute Gasteiger partial charge is 0.336 e. The predicted molar refractivity (Wildman–Crippen MR) is 83.0 cm³/mol. The van der Waals surface area contributed by atoms with Gasteiger partial charge in [-0.25, -0.2) is 17.9 Å². The molecule has 6 nitrogen and oxygen atoms in total. The lowest BCUT2D eigenvalue weighted by atomic mass is 10.4. The second-order valence-corrected chi connectivity index (χ2v) is 6.38. The first-order chi connectivity index (χ1) is 9.90. The molecule has 0 radical (unpaired) electrons. The average Bonchev–Trinajstić information content (AvgIpc) is 2.43. The molecule has 2 N–H and O–H groups in total. The van der Waals surface area contributed by atoms with Crippen molar-refractivity contribution in [3.63, 3.8) is 0 Å². The summed E-state index contributed by atoms with van der Waals surface area (Å²) < 4.78 is 26.0. The monoisotopic (exact) mass is 333 g/mol. The first-order valence-corrected chi connectivity index (χ1v) is 8.54. The number of benzene rings is 1. The highest BCUT2D eigenvalue weighted by atomic mass is 35.5. The van der Waals surface area contributed by atoms with Crippen molar-refractivity contribution in [1.82, 2.24) is 14.9 Å². The van der Waals surface area contributed by atoms with Gasteiger partial charge in [-0.3, -0.25) is 0 Å². The van der Waals surface area contributed by atoms with Crippen molar-refractivity contribution in [3.05, 3.63) is 29.3 Å². The van der Waals surface area contributed by atoms with Crippen molar-refractivity contribution >= 4 is 27.7 Å². The van der Waals surface area contributed by atoms with Crippen molar-refractivity contribution < 1.29 is 13.2 Å². The number of likely N-dealkylation sites (N-methyl/N-ethyl adjacent to an activating group) is 1. The molecule has 0 bridgehead atoms. The van der Waals surface area contributed by atoms with Crippen molar-refractivity contribution in [1.29, 1.82) is 0 Å². The van der Waals surface area contributed by atoms with Gasteiger partial charge in [0.1, 0.15) is 4.90 Å². The van der Waals surface area contributed by atoms with E-state index in [1.54, 1.807) is 12.1 Å². The van der Waals surface area contributed by atoms with Gasteiger partial charge in [-0.15, -0.1) is 0 Å². The topological polar surface area (TPSA) is 78.5 Å². The van der Waals surface area contributed by atoms with Crippen LogP contribution in [0.4, 0.5) is 4.79 Å². The Bertz CT molecular complexity index is 574. The zero-order valence-electron chi connectivity index (χ0n) is 12.1. The Labute approximate surface area is 130 Å². The highest BCUT2D eigenvalue weighted by Crippen LogP contribution is 2.19. The number of carbonyl (C=O) groups excluding carboxylic acids is 1. The fourth-order valence-corrected chi connectivity index (χ4v) is 3.19. The fourth-order valence-electron chi connectivity index (χ4n) is 1.74. The Kier molecular flexibility index (Phi) is 6.94. The van der Waals surface area contributed by atoms with E-state index in [0.29, 0.717) is 13.1 Å². The van der Waals surface area contributed by atoms with Gasteiger partial charge in [-0.2, -0.15) is 0 Å². The SMILES string of the molecule is CCN(CC)CCNC(=O)NS(=O)(=O)c1ccccc1Cl. The number of urea groups is 1. The number of halogens is 1. The van der Waals surface area contributed by atoms with Crippen molar-refractivity contribution in [2.75, 3.05) is 26.2 Å². The minimum absolute atomic E-state index is 0.0703. The smallest absolute Gasteiger partial charge is 0.328 e. The standard InChI is InChI=1S/C13H20ClN3O3S/c1-3-17(4-2)10-9-15-13(18)16-21(19,20)12-8-6-5-7-11(12)14/h5-8H,3-4,9-10H2,1-2H3,(H2,15,16,18). The van der Waals surface area contributed by atoms with E-state index in [4.69, 9.17) is 11.6 Å². The van der Waals surface area contributed by atoms with Crippen LogP contribution in [0.1, 0.15) is 13.8 Å². The van der Waals surface area contributed by atoms with Gasteiger partial charge in [0.25, 0.3) is 10.0 Å². The van der Waals surface area contributed by atoms with E-state index in [0.717, 1.165) is 13.1 Å². The molecule has 8 heteroatoms. The zero-order chi connectivity index (χ0) is 15.9. The molecule has 118 valence electrons. The van der Waals surface area contributed by atoms with Crippen molar-refractivity contribution in [3.8, 4) is 0 Å². The van der Waals surface area contributed by atoms with Gasteiger partial charge in [-0.1, -0.05) is 37.6 Å². The summed E-state index contributed by atoms with van der Waals surface area (Å²) in [6, 6.07) is 5.19. The Morgan fingerprint density at radius 2 is 1.86 bits per heavy atom. The van der Waals surface area contributed by atoms with Crippen LogP contribution in [0.25, 0.3) is 0 Å². The van der Waals surface area contributed by atoms with Crippen LogP contribution < -0.4 is 10.0 Å². The second kappa shape index (κ2) is 8.21. The molecule has 0 aliphatic heterocycles. The van der Waals surface area contributed by atoms with E-state index in [9.17, 15) is 13.2 Å². The first kappa shape index (κ1) is 17.7. The van der Waals surface area contributed by atoms with Crippen LogP contribution in [0.15, 0.2) is 29.2 Å². The number of carbonyl (C=O) groups is 1. The summed E-state index contributed by atoms with van der Waals surface area (Å²) in [6.45, 7) is 6.81. The molecule has 1 aromatic carbocycles. The maximum atomic E-state index is 12.0. The summed E-state index contributed by atoms with van der Waals surface area (Å²) in [5, 5.41) is 2.58. The Morgan fingerprint density at radius 3 is 2.43 bits per heavy atom. The Morgan fingerprint density at radius 1 is 1.24 bits per heavy atom. The molecule has 0 unspecified atom stereocenters. The normalized spacial score (nSPS) is 11.4. The molecule has 0 saturated carbocycles. The van der Waals surface area contributed by atoms with Crippen LogP contribution >= 0.6 is 11.6 Å². The number of hydrogen-bond donors (Lipinski definition) is 2. The summed E-state index contributed by atoms with van der Waals surface area (Å²) in [5.74, 6) is 0. The molecule has 0 aliphatic carbocycles. The number of sulfonamides is 1. The molecule has 0 heterocycles. The Hall–Kier alpha value is -1.31. The second-order valence-electron chi connectivity index (χ2n) is 4.32. The van der Waals surface area contributed by atoms with Gasteiger partial charge in [0.2, 0.25) is 0 Å². The van der Waals surface area contributed by atoms with Crippen LogP contribution in [-0.4, -0.2) is 45.5 Å². The third-order valence-corrected chi connectivity index (χ3v) is 4.79. The quantitative estimate of drug-likeness (QED) is 0.795. The molecule has 0 spiro atoms. The van der Waals surface area contributed by atoms with Crippen LogP contribution in [0.2, 0.25) is 5.02 Å². The van der Waals surface area contributed by atoms with Gasteiger partial charge in [0.15, 0.2) is 0 Å². The summed E-state index contributed by atoms with van der Waals surface area (Å²) >= 11 is 5.82. The summed E-state index contributed by atoms with van der Waals surface area (Å²) in [6.07, 6.45) is 0. The van der Waals surface area contributed by atoms with E-state index < -0.39 is 16.1 Å². The van der Waals surface area contributed by atoms with Gasteiger partial charge in [-0.05, 0) is 25.2 Å². The lowest BCUT2D eigenvalue weighted by Crippen LogP contribution is -2.42. The third kappa shape index (κ3) is 5.53. The molecule has 0 saturated heterocycles. The predicted octanol–water partition coefficient (Wildman–Crippen LogP) is 1.67. The summed E-state index contributed by atoms with van der Waals surface area (Å²) in [5.41, 5.74) is 0. The number of hydrogen-bond acceptors (Lipinski definition) is 4. The number of amides is 2. The molecule has 1 rings (SSSR count). The van der Waals surface area contributed by atoms with Crippen LogP contribution in [0, 0.1) is 0 Å². The molecule has 21 heavy (non-hydrogen) atoms. The first-order valence-electron chi connectivity index (χ1n) is 6.68. The molecule has 0 aromatic heterocycles. The number of nitrogens with one attached hydrogen (secondary N) is 2. The minimum atomic E-state index is -3.96. The third-order valence-electron chi connectivity index (χ3n) is 2.96. The summed E-state index contributed by atoms with van der Waals surface area (Å²) in [7, 11) is -3.96. The fraction of sp³-hybridized carbons (Fsp3) is 0.462. The van der Waals surface area contributed by atoms with Crippen LogP contribution in [0.5, 0.6) is 0 Å². The maximum Gasteiger partial charge on any atom is 0.328 e. The van der Waals surface area contributed by atoms with Gasteiger partial charge in [0, 0.05) is 13.1 Å². The average molecular weight is 334 g/mol. The van der Waals surface area contributed by atoms with E-state index in [2.05, 4.69) is 10.2 Å². The molecule has 1 aromatic rings. The van der Waals surface area contributed by atoms with E-state index in [-0.39, 0.29) is 9.92 Å². The van der Waals surface area contributed by atoms with E-state index >= 15 is 0 Å². The maximum absolute atomic E-state index is 12.0. The highest BCUT2D eigenvalue weighted by Gasteiger charge is 2.19. The molecular formula is C13H20ClN3O3S.